The van der Waals surface area contributed by atoms with Gasteiger partial charge in [-0.05, 0) is 37.1 Å². The van der Waals surface area contributed by atoms with E-state index in [-0.39, 0.29) is 0 Å². The third-order valence-electron chi connectivity index (χ3n) is 3.35. The summed E-state index contributed by atoms with van der Waals surface area (Å²) in [4.78, 5) is 0. The lowest BCUT2D eigenvalue weighted by atomic mass is 10.1. The zero-order valence-electron chi connectivity index (χ0n) is 10.8. The summed E-state index contributed by atoms with van der Waals surface area (Å²) < 4.78 is 7.49. The highest BCUT2D eigenvalue weighted by Crippen LogP contribution is 2.28. The fraction of sp³-hybridized carbons (Fsp3) is 0.429. The largest absolute Gasteiger partial charge is 0.399 e. The first-order valence-electron chi connectivity index (χ1n) is 6.05. The van der Waals surface area contributed by atoms with E-state index in [9.17, 15) is 0 Å². The Labute approximate surface area is 102 Å². The number of nitrogens with zero attached hydrogens (tertiary/aromatic N) is 1. The van der Waals surface area contributed by atoms with Crippen molar-refractivity contribution in [3.8, 4) is 0 Å². The molecule has 0 aliphatic heterocycles. The van der Waals surface area contributed by atoms with Crippen LogP contribution in [0.5, 0.6) is 0 Å². The molecule has 2 aromatic rings. The summed E-state index contributed by atoms with van der Waals surface area (Å²) >= 11 is 0. The maximum absolute atomic E-state index is 5.87. The number of aromatic nitrogens is 1. The zero-order valence-corrected chi connectivity index (χ0v) is 10.8. The maximum atomic E-state index is 5.87. The number of rotatable bonds is 4. The lowest BCUT2D eigenvalue weighted by Crippen LogP contribution is -2.05. The van der Waals surface area contributed by atoms with Crippen LogP contribution < -0.4 is 5.73 Å². The standard InChI is InChI=1S/C14H20N2O/c1-4-12-10(2)16(7-8-17-3)14-6-5-11(15)9-13(12)14/h5-6,9H,4,7-8,15H2,1-3H3. The van der Waals surface area contributed by atoms with Crippen LogP contribution in [0.1, 0.15) is 18.2 Å². The molecule has 92 valence electrons. The van der Waals surface area contributed by atoms with Crippen LogP contribution in [-0.2, 0) is 17.7 Å². The van der Waals surface area contributed by atoms with Gasteiger partial charge in [0.1, 0.15) is 0 Å². The van der Waals surface area contributed by atoms with Gasteiger partial charge in [-0.1, -0.05) is 6.92 Å². The quantitative estimate of drug-likeness (QED) is 0.823. The van der Waals surface area contributed by atoms with Crippen molar-refractivity contribution < 1.29 is 4.74 Å². The van der Waals surface area contributed by atoms with E-state index in [1.54, 1.807) is 7.11 Å². The van der Waals surface area contributed by atoms with E-state index in [0.717, 1.165) is 25.3 Å². The van der Waals surface area contributed by atoms with E-state index in [4.69, 9.17) is 10.5 Å². The second-order valence-corrected chi connectivity index (χ2v) is 4.34. The van der Waals surface area contributed by atoms with E-state index in [1.165, 1.54) is 22.2 Å². The molecule has 0 aliphatic rings. The molecule has 0 atom stereocenters. The molecule has 17 heavy (non-hydrogen) atoms. The van der Waals surface area contributed by atoms with Crippen molar-refractivity contribution in [1.82, 2.24) is 4.57 Å². The highest BCUT2D eigenvalue weighted by Gasteiger charge is 2.12. The molecular formula is C14H20N2O. The minimum atomic E-state index is 0.734. The third kappa shape index (κ3) is 2.03. The molecule has 0 bridgehead atoms. The monoisotopic (exact) mass is 232 g/mol. The van der Waals surface area contributed by atoms with Crippen LogP contribution in [0.2, 0.25) is 0 Å². The van der Waals surface area contributed by atoms with Crippen molar-refractivity contribution in [3.05, 3.63) is 29.5 Å². The molecule has 0 unspecified atom stereocenters. The molecule has 0 aliphatic carbocycles. The van der Waals surface area contributed by atoms with Gasteiger partial charge in [-0.2, -0.15) is 0 Å². The number of hydrogen-bond acceptors (Lipinski definition) is 2. The fourth-order valence-corrected chi connectivity index (χ4v) is 2.49. The third-order valence-corrected chi connectivity index (χ3v) is 3.35. The predicted molar refractivity (Wildman–Crippen MR) is 72.3 cm³/mol. The molecule has 2 N–H and O–H groups in total. The average molecular weight is 232 g/mol. The first-order valence-corrected chi connectivity index (χ1v) is 6.05. The Morgan fingerprint density at radius 1 is 1.35 bits per heavy atom. The van der Waals surface area contributed by atoms with Crippen LogP contribution >= 0.6 is 0 Å². The van der Waals surface area contributed by atoms with E-state index >= 15 is 0 Å². The number of nitrogen functional groups attached to an aromatic ring is 1. The van der Waals surface area contributed by atoms with Crippen molar-refractivity contribution >= 4 is 16.6 Å². The summed E-state index contributed by atoms with van der Waals surface area (Å²) in [6, 6.07) is 6.14. The summed E-state index contributed by atoms with van der Waals surface area (Å²) in [5.41, 5.74) is 10.7. The number of fused-ring (bicyclic) bond motifs is 1. The molecule has 3 nitrogen and oxygen atoms in total. The number of benzene rings is 1. The second kappa shape index (κ2) is 4.80. The lowest BCUT2D eigenvalue weighted by molar-refractivity contribution is 0.188. The topological polar surface area (TPSA) is 40.2 Å². The van der Waals surface area contributed by atoms with Gasteiger partial charge in [0, 0.05) is 35.9 Å². The number of ether oxygens (including phenoxy) is 1. The number of nitrogens with two attached hydrogens (primary N) is 1. The molecule has 0 saturated carbocycles. The van der Waals surface area contributed by atoms with Crippen LogP contribution in [0.3, 0.4) is 0 Å². The predicted octanol–water partition coefficient (Wildman–Crippen LogP) is 2.74. The van der Waals surface area contributed by atoms with Crippen LogP contribution in [0.25, 0.3) is 10.9 Å². The van der Waals surface area contributed by atoms with Gasteiger partial charge in [0.15, 0.2) is 0 Å². The Bertz CT molecular complexity index is 528. The van der Waals surface area contributed by atoms with Crippen molar-refractivity contribution in [2.75, 3.05) is 19.5 Å². The summed E-state index contributed by atoms with van der Waals surface area (Å²) in [5, 5.41) is 1.28. The van der Waals surface area contributed by atoms with Gasteiger partial charge in [-0.15, -0.1) is 0 Å². The van der Waals surface area contributed by atoms with Crippen molar-refractivity contribution in [2.45, 2.75) is 26.8 Å². The minimum absolute atomic E-state index is 0.734. The van der Waals surface area contributed by atoms with Gasteiger partial charge in [0.25, 0.3) is 0 Å². The van der Waals surface area contributed by atoms with Gasteiger partial charge in [0.2, 0.25) is 0 Å². The van der Waals surface area contributed by atoms with E-state index in [2.05, 4.69) is 30.5 Å². The minimum Gasteiger partial charge on any atom is -0.399 e. The molecule has 0 amide bonds. The Hall–Kier alpha value is -1.48. The second-order valence-electron chi connectivity index (χ2n) is 4.34. The molecular weight excluding hydrogens is 212 g/mol. The highest BCUT2D eigenvalue weighted by atomic mass is 16.5. The van der Waals surface area contributed by atoms with Crippen LogP contribution in [0.4, 0.5) is 5.69 Å². The maximum Gasteiger partial charge on any atom is 0.0642 e. The van der Waals surface area contributed by atoms with E-state index in [1.807, 2.05) is 6.07 Å². The van der Waals surface area contributed by atoms with Gasteiger partial charge in [-0.3, -0.25) is 0 Å². The van der Waals surface area contributed by atoms with Gasteiger partial charge in [-0.25, -0.2) is 0 Å². The van der Waals surface area contributed by atoms with E-state index < -0.39 is 0 Å². The first-order chi connectivity index (χ1) is 8.19. The smallest absolute Gasteiger partial charge is 0.0642 e. The number of aryl methyl sites for hydroxylation is 1. The van der Waals surface area contributed by atoms with Crippen molar-refractivity contribution in [3.63, 3.8) is 0 Å². The summed E-state index contributed by atoms with van der Waals surface area (Å²) in [5.74, 6) is 0. The van der Waals surface area contributed by atoms with Gasteiger partial charge in [0.05, 0.1) is 6.61 Å². The Balaban J connectivity index is 2.62. The normalized spacial score (nSPS) is 11.2. The number of anilines is 1. The molecule has 1 aromatic heterocycles. The average Bonchev–Trinajstić information content (AvgIpc) is 2.57. The summed E-state index contributed by atoms with van der Waals surface area (Å²) in [7, 11) is 1.74. The molecule has 0 fully saturated rings. The lowest BCUT2D eigenvalue weighted by Gasteiger charge is -2.07. The molecule has 0 spiro atoms. The number of methoxy groups -OCH3 is 1. The van der Waals surface area contributed by atoms with Crippen LogP contribution in [0, 0.1) is 6.92 Å². The number of hydrogen-bond donors (Lipinski definition) is 1. The SMILES string of the molecule is CCc1c(C)n(CCOC)c2ccc(N)cc12. The van der Waals surface area contributed by atoms with Crippen LogP contribution in [-0.4, -0.2) is 18.3 Å². The Morgan fingerprint density at radius 3 is 2.76 bits per heavy atom. The zero-order chi connectivity index (χ0) is 12.4. The first kappa shape index (κ1) is 12.0. The summed E-state index contributed by atoms with van der Waals surface area (Å²) in [6.07, 6.45) is 1.03. The molecule has 2 rings (SSSR count). The van der Waals surface area contributed by atoms with Gasteiger partial charge < -0.3 is 15.0 Å². The molecule has 1 heterocycles. The van der Waals surface area contributed by atoms with E-state index in [0.29, 0.717) is 0 Å². The van der Waals surface area contributed by atoms with Crippen molar-refractivity contribution in [1.29, 1.82) is 0 Å². The Kier molecular flexibility index (Phi) is 3.38. The summed E-state index contributed by atoms with van der Waals surface area (Å²) in [6.45, 7) is 5.98. The highest BCUT2D eigenvalue weighted by molar-refractivity contribution is 5.88. The van der Waals surface area contributed by atoms with Crippen molar-refractivity contribution in [2.24, 2.45) is 0 Å². The molecule has 0 saturated heterocycles. The molecule has 3 heteroatoms. The van der Waals surface area contributed by atoms with Gasteiger partial charge >= 0.3 is 0 Å². The Morgan fingerprint density at radius 2 is 2.12 bits per heavy atom. The fourth-order valence-electron chi connectivity index (χ4n) is 2.49. The van der Waals surface area contributed by atoms with Crippen LogP contribution in [0.15, 0.2) is 18.2 Å². The molecule has 1 aromatic carbocycles. The molecule has 0 radical (unpaired) electrons.